The van der Waals surface area contributed by atoms with Gasteiger partial charge < -0.3 is 14.2 Å². The van der Waals surface area contributed by atoms with Gasteiger partial charge in [0.15, 0.2) is 0 Å². The van der Waals surface area contributed by atoms with Crippen LogP contribution < -0.4 is 9.80 Å². The number of hydrogen-bond acceptors (Lipinski definition) is 3. The van der Waals surface area contributed by atoms with Crippen molar-refractivity contribution < 1.29 is 4.42 Å². The van der Waals surface area contributed by atoms with Crippen molar-refractivity contribution in [3.63, 3.8) is 0 Å². The van der Waals surface area contributed by atoms with Gasteiger partial charge in [-0.05, 0) is 70.9 Å². The van der Waals surface area contributed by atoms with E-state index in [1.165, 1.54) is 21.5 Å². The van der Waals surface area contributed by atoms with E-state index in [9.17, 15) is 0 Å². The zero-order chi connectivity index (χ0) is 37.7. The Hall–Kier alpha value is -7.62. The molecule has 0 atom stereocenters. The van der Waals surface area contributed by atoms with E-state index < -0.39 is 0 Å². The quantitative estimate of drug-likeness (QED) is 0.163. The maximum atomic E-state index is 6.94. The molecule has 3 nitrogen and oxygen atoms in total. The van der Waals surface area contributed by atoms with E-state index in [4.69, 9.17) is 4.42 Å². The van der Waals surface area contributed by atoms with Crippen LogP contribution in [-0.2, 0) is 0 Å². The molecule has 0 aliphatic carbocycles. The lowest BCUT2D eigenvalue weighted by Crippen LogP contribution is -2.11. The number of rotatable bonds is 7. The summed E-state index contributed by atoms with van der Waals surface area (Å²) in [6.07, 6.45) is 0. The van der Waals surface area contributed by atoms with Gasteiger partial charge in [0.05, 0.1) is 22.7 Å². The Balaban J connectivity index is 1.21. The minimum Gasteiger partial charge on any atom is -0.455 e. The summed E-state index contributed by atoms with van der Waals surface area (Å²) in [7, 11) is 0. The van der Waals surface area contributed by atoms with Crippen molar-refractivity contribution in [2.45, 2.75) is 0 Å². The maximum Gasteiger partial charge on any atom is 0.143 e. The highest BCUT2D eigenvalue weighted by atomic mass is 16.3. The number of anilines is 6. The average Bonchev–Trinajstić information content (AvgIpc) is 3.67. The van der Waals surface area contributed by atoms with Gasteiger partial charge in [-0.3, -0.25) is 0 Å². The van der Waals surface area contributed by atoms with E-state index in [-0.39, 0.29) is 0 Å². The fourth-order valence-corrected chi connectivity index (χ4v) is 8.71. The predicted octanol–water partition coefficient (Wildman–Crippen LogP) is 15.7. The summed E-state index contributed by atoms with van der Waals surface area (Å²) in [5.74, 6) is 0. The van der Waals surface area contributed by atoms with Gasteiger partial charge in [-0.2, -0.15) is 0 Å². The molecule has 0 amide bonds. The number of nitrogens with zero attached hydrogens (tertiary/aromatic N) is 2. The standard InChI is InChI=1S/C54H36N2O/c1-3-22-39(23-4-1)55(48-33-15-20-37-18-7-9-26-41(37)48)50-32-14-13-28-43(50)45-31-17-35-52-53(45)47-36-51(44-29-11-12-30-46(44)54(47)57-52)56(40-24-5-2-6-25-40)49-34-16-21-38-19-8-10-27-42(38)49/h1-36H. The molecule has 11 rings (SSSR count). The molecular formula is C54H36N2O. The topological polar surface area (TPSA) is 19.6 Å². The second kappa shape index (κ2) is 13.6. The summed E-state index contributed by atoms with van der Waals surface area (Å²) in [4.78, 5) is 4.81. The third kappa shape index (κ3) is 5.43. The molecule has 57 heavy (non-hydrogen) atoms. The van der Waals surface area contributed by atoms with Crippen LogP contribution in [0.15, 0.2) is 223 Å². The molecule has 0 radical (unpaired) electrons. The molecule has 0 saturated heterocycles. The zero-order valence-electron chi connectivity index (χ0n) is 31.1. The number of para-hydroxylation sites is 3. The number of benzene rings is 10. The lowest BCUT2D eigenvalue weighted by molar-refractivity contribution is 0.673. The van der Waals surface area contributed by atoms with E-state index >= 15 is 0 Å². The second-order valence-corrected chi connectivity index (χ2v) is 14.5. The predicted molar refractivity (Wildman–Crippen MR) is 241 cm³/mol. The van der Waals surface area contributed by atoms with Crippen molar-refractivity contribution in [3.8, 4) is 11.1 Å². The molecule has 1 heterocycles. The van der Waals surface area contributed by atoms with Crippen molar-refractivity contribution in [1.29, 1.82) is 0 Å². The van der Waals surface area contributed by atoms with Gasteiger partial charge in [-0.25, -0.2) is 0 Å². The Bertz CT molecular complexity index is 3250. The molecule has 3 heteroatoms. The van der Waals surface area contributed by atoms with E-state index in [0.717, 1.165) is 78.0 Å². The van der Waals surface area contributed by atoms with E-state index in [2.05, 4.69) is 228 Å². The first-order valence-corrected chi connectivity index (χ1v) is 19.4. The van der Waals surface area contributed by atoms with E-state index in [1.54, 1.807) is 0 Å². The van der Waals surface area contributed by atoms with Crippen molar-refractivity contribution in [2.75, 3.05) is 9.80 Å². The van der Waals surface area contributed by atoms with Gasteiger partial charge in [0.1, 0.15) is 11.2 Å². The average molecular weight is 729 g/mol. The first kappa shape index (κ1) is 32.8. The smallest absolute Gasteiger partial charge is 0.143 e. The molecule has 1 aromatic heterocycles. The first-order valence-electron chi connectivity index (χ1n) is 19.4. The number of hydrogen-bond donors (Lipinski definition) is 0. The van der Waals surface area contributed by atoms with Crippen LogP contribution >= 0.6 is 0 Å². The molecule has 10 aromatic carbocycles. The van der Waals surface area contributed by atoms with Crippen LogP contribution in [0.2, 0.25) is 0 Å². The first-order chi connectivity index (χ1) is 28.3. The minimum absolute atomic E-state index is 0.854. The summed E-state index contributed by atoms with van der Waals surface area (Å²) in [6.45, 7) is 0. The van der Waals surface area contributed by atoms with E-state index in [1.807, 2.05) is 0 Å². The normalized spacial score (nSPS) is 11.5. The highest BCUT2D eigenvalue weighted by molar-refractivity contribution is 6.23. The molecule has 0 spiro atoms. The molecule has 0 fully saturated rings. The Morgan fingerprint density at radius 2 is 0.754 bits per heavy atom. The SMILES string of the molecule is c1ccc(N(c2ccccc2-c2cccc3oc4c5ccccc5c(N(c5ccccc5)c5cccc6ccccc56)cc4c23)c2cccc3ccccc23)cc1. The Labute approximate surface area is 330 Å². The highest BCUT2D eigenvalue weighted by Crippen LogP contribution is 2.50. The Morgan fingerprint density at radius 3 is 1.40 bits per heavy atom. The molecule has 11 aromatic rings. The van der Waals surface area contributed by atoms with Crippen molar-refractivity contribution in [2.24, 2.45) is 0 Å². The molecule has 0 N–H and O–H groups in total. The monoisotopic (exact) mass is 728 g/mol. The summed E-state index contributed by atoms with van der Waals surface area (Å²) in [5, 5.41) is 9.13. The van der Waals surface area contributed by atoms with Crippen LogP contribution in [0.1, 0.15) is 0 Å². The third-order valence-electron chi connectivity index (χ3n) is 11.2. The van der Waals surface area contributed by atoms with Crippen LogP contribution in [-0.4, -0.2) is 0 Å². The van der Waals surface area contributed by atoms with Crippen LogP contribution in [0.25, 0.3) is 65.4 Å². The molecule has 0 unspecified atom stereocenters. The maximum absolute atomic E-state index is 6.94. The lowest BCUT2D eigenvalue weighted by atomic mass is 9.95. The molecule has 0 aliphatic heterocycles. The molecule has 0 saturated carbocycles. The van der Waals surface area contributed by atoms with Crippen molar-refractivity contribution >= 4 is 88.4 Å². The van der Waals surface area contributed by atoms with Crippen molar-refractivity contribution in [1.82, 2.24) is 0 Å². The molecule has 0 bridgehead atoms. The highest BCUT2D eigenvalue weighted by Gasteiger charge is 2.25. The van der Waals surface area contributed by atoms with Gasteiger partial charge in [0.2, 0.25) is 0 Å². The van der Waals surface area contributed by atoms with Crippen LogP contribution in [0.5, 0.6) is 0 Å². The largest absolute Gasteiger partial charge is 0.455 e. The Morgan fingerprint density at radius 1 is 0.298 bits per heavy atom. The fraction of sp³-hybridized carbons (Fsp3) is 0. The third-order valence-corrected chi connectivity index (χ3v) is 11.2. The summed E-state index contributed by atoms with van der Waals surface area (Å²) >= 11 is 0. The number of furan rings is 1. The van der Waals surface area contributed by atoms with Crippen LogP contribution in [0.4, 0.5) is 34.1 Å². The van der Waals surface area contributed by atoms with Gasteiger partial charge >= 0.3 is 0 Å². The molecule has 268 valence electrons. The lowest BCUT2D eigenvalue weighted by Gasteiger charge is -2.29. The zero-order valence-corrected chi connectivity index (χ0v) is 31.1. The van der Waals surface area contributed by atoms with Crippen molar-refractivity contribution in [3.05, 3.63) is 218 Å². The summed E-state index contributed by atoms with van der Waals surface area (Å²) in [6, 6.07) is 78.1. The van der Waals surface area contributed by atoms with Crippen LogP contribution in [0, 0.1) is 0 Å². The number of fused-ring (bicyclic) bond motifs is 7. The minimum atomic E-state index is 0.854. The second-order valence-electron chi connectivity index (χ2n) is 14.5. The molecular weight excluding hydrogens is 693 g/mol. The van der Waals surface area contributed by atoms with Gasteiger partial charge in [0, 0.05) is 49.3 Å². The summed E-state index contributed by atoms with van der Waals surface area (Å²) < 4.78 is 6.94. The van der Waals surface area contributed by atoms with Gasteiger partial charge in [-0.15, -0.1) is 0 Å². The Kier molecular flexibility index (Phi) is 7.82. The summed E-state index contributed by atoms with van der Waals surface area (Å²) in [5.41, 5.74) is 10.6. The van der Waals surface area contributed by atoms with Gasteiger partial charge in [0.25, 0.3) is 0 Å². The van der Waals surface area contributed by atoms with Gasteiger partial charge in [-0.1, -0.05) is 164 Å². The molecule has 0 aliphatic rings. The van der Waals surface area contributed by atoms with Crippen LogP contribution in [0.3, 0.4) is 0 Å². The fourth-order valence-electron chi connectivity index (χ4n) is 8.71. The van der Waals surface area contributed by atoms with E-state index in [0.29, 0.717) is 0 Å².